The van der Waals surface area contributed by atoms with Gasteiger partial charge in [0.15, 0.2) is 9.84 Å². The van der Waals surface area contributed by atoms with Crippen LogP contribution in [-0.4, -0.2) is 15.0 Å². The Kier molecular flexibility index (Phi) is 4.15. The van der Waals surface area contributed by atoms with Gasteiger partial charge in [0.05, 0.1) is 4.90 Å². The molecule has 0 bridgehead atoms. The molecule has 3 nitrogen and oxygen atoms in total. The molecule has 1 unspecified atom stereocenters. The van der Waals surface area contributed by atoms with Crippen molar-refractivity contribution in [3.63, 3.8) is 0 Å². The Morgan fingerprint density at radius 2 is 1.65 bits per heavy atom. The van der Waals surface area contributed by atoms with Crippen LogP contribution in [0.25, 0.3) is 0 Å². The Hall–Kier alpha value is -1.79. The summed E-state index contributed by atoms with van der Waals surface area (Å²) in [6.45, 7) is -0.191. The molecule has 6 heteroatoms. The lowest BCUT2D eigenvalue weighted by molar-refractivity contribution is 0.580. The van der Waals surface area contributed by atoms with Gasteiger partial charge in [-0.15, -0.1) is 0 Å². The van der Waals surface area contributed by atoms with Gasteiger partial charge in [0.2, 0.25) is 0 Å². The molecular formula is C14H13F2NO2S. The van der Waals surface area contributed by atoms with E-state index >= 15 is 0 Å². The fourth-order valence-corrected chi connectivity index (χ4v) is 3.54. The summed E-state index contributed by atoms with van der Waals surface area (Å²) < 4.78 is 51.0. The first kappa shape index (κ1) is 14.6. The number of halogens is 2. The Balaban J connectivity index is 2.47. The van der Waals surface area contributed by atoms with E-state index in [2.05, 4.69) is 0 Å². The van der Waals surface area contributed by atoms with Crippen molar-refractivity contribution in [3.05, 3.63) is 65.7 Å². The minimum absolute atomic E-state index is 0.0430. The second kappa shape index (κ2) is 5.68. The van der Waals surface area contributed by atoms with Crippen molar-refractivity contribution in [1.82, 2.24) is 0 Å². The normalized spacial score (nSPS) is 13.2. The van der Waals surface area contributed by atoms with E-state index in [1.165, 1.54) is 30.3 Å². The molecule has 1 atom stereocenters. The molecule has 20 heavy (non-hydrogen) atoms. The van der Waals surface area contributed by atoms with Gasteiger partial charge in [0, 0.05) is 6.54 Å². The summed E-state index contributed by atoms with van der Waals surface area (Å²) in [5.74, 6) is -1.06. The first-order valence-electron chi connectivity index (χ1n) is 5.90. The molecule has 0 aliphatic carbocycles. The van der Waals surface area contributed by atoms with Gasteiger partial charge in [0.1, 0.15) is 16.9 Å². The van der Waals surface area contributed by atoms with Gasteiger partial charge in [-0.1, -0.05) is 12.1 Å². The highest BCUT2D eigenvalue weighted by atomic mass is 32.2. The molecule has 0 aromatic heterocycles. The van der Waals surface area contributed by atoms with E-state index in [1.54, 1.807) is 0 Å². The SMILES string of the molecule is NCC(c1cccc(F)c1)S(=O)(=O)c1ccc(F)cc1. The van der Waals surface area contributed by atoms with Gasteiger partial charge >= 0.3 is 0 Å². The van der Waals surface area contributed by atoms with E-state index < -0.39 is 26.7 Å². The zero-order chi connectivity index (χ0) is 14.8. The Morgan fingerprint density at radius 1 is 1.00 bits per heavy atom. The Labute approximate surface area is 116 Å². The number of benzene rings is 2. The van der Waals surface area contributed by atoms with Gasteiger partial charge in [-0.2, -0.15) is 0 Å². The van der Waals surface area contributed by atoms with Crippen LogP contribution in [-0.2, 0) is 9.84 Å². The van der Waals surface area contributed by atoms with Crippen molar-refractivity contribution in [2.75, 3.05) is 6.54 Å². The van der Waals surface area contributed by atoms with E-state index in [0.717, 1.165) is 18.2 Å². The van der Waals surface area contributed by atoms with Gasteiger partial charge < -0.3 is 5.73 Å². The maximum Gasteiger partial charge on any atom is 0.186 e. The molecular weight excluding hydrogens is 284 g/mol. The topological polar surface area (TPSA) is 60.2 Å². The van der Waals surface area contributed by atoms with E-state index in [1.807, 2.05) is 0 Å². The number of hydrogen-bond donors (Lipinski definition) is 1. The predicted molar refractivity (Wildman–Crippen MR) is 71.8 cm³/mol. The van der Waals surface area contributed by atoms with Crippen molar-refractivity contribution in [2.24, 2.45) is 5.73 Å². The molecule has 2 aromatic rings. The molecule has 2 N–H and O–H groups in total. The van der Waals surface area contributed by atoms with Gasteiger partial charge in [-0.3, -0.25) is 0 Å². The molecule has 0 amide bonds. The summed E-state index contributed by atoms with van der Waals surface area (Å²) in [6.07, 6.45) is 0. The molecule has 0 saturated carbocycles. The fraction of sp³-hybridized carbons (Fsp3) is 0.143. The Bertz CT molecular complexity index is 699. The highest BCUT2D eigenvalue weighted by molar-refractivity contribution is 7.91. The molecule has 0 heterocycles. The van der Waals surface area contributed by atoms with E-state index in [9.17, 15) is 17.2 Å². The lowest BCUT2D eigenvalue weighted by atomic mass is 10.1. The van der Waals surface area contributed by atoms with Gasteiger partial charge in [0.25, 0.3) is 0 Å². The van der Waals surface area contributed by atoms with Crippen LogP contribution in [0.2, 0.25) is 0 Å². The highest BCUT2D eigenvalue weighted by Crippen LogP contribution is 2.28. The molecule has 0 aliphatic heterocycles. The zero-order valence-electron chi connectivity index (χ0n) is 10.5. The molecule has 106 valence electrons. The highest BCUT2D eigenvalue weighted by Gasteiger charge is 2.28. The second-order valence-electron chi connectivity index (χ2n) is 4.28. The Morgan fingerprint density at radius 3 is 2.20 bits per heavy atom. The number of hydrogen-bond acceptors (Lipinski definition) is 3. The van der Waals surface area contributed by atoms with Crippen LogP contribution in [0.3, 0.4) is 0 Å². The van der Waals surface area contributed by atoms with E-state index in [0.29, 0.717) is 0 Å². The molecule has 0 saturated heterocycles. The standard InChI is InChI=1S/C14H13F2NO2S/c15-11-4-6-13(7-5-11)20(18,19)14(9-17)10-2-1-3-12(16)8-10/h1-8,14H,9,17H2. The summed E-state index contributed by atoms with van der Waals surface area (Å²) >= 11 is 0. The van der Waals surface area contributed by atoms with Crippen molar-refractivity contribution < 1.29 is 17.2 Å². The van der Waals surface area contributed by atoms with E-state index in [4.69, 9.17) is 5.73 Å². The van der Waals surface area contributed by atoms with Crippen LogP contribution in [0.15, 0.2) is 53.4 Å². The maximum absolute atomic E-state index is 13.2. The molecule has 2 rings (SSSR count). The van der Waals surface area contributed by atoms with Crippen LogP contribution in [0.4, 0.5) is 8.78 Å². The number of sulfone groups is 1. The number of rotatable bonds is 4. The van der Waals surface area contributed by atoms with Crippen molar-refractivity contribution in [1.29, 1.82) is 0 Å². The van der Waals surface area contributed by atoms with Crippen LogP contribution < -0.4 is 5.73 Å². The summed E-state index contributed by atoms with van der Waals surface area (Å²) in [7, 11) is -3.80. The molecule has 0 spiro atoms. The largest absolute Gasteiger partial charge is 0.329 e. The summed E-state index contributed by atoms with van der Waals surface area (Å²) in [5, 5.41) is -1.07. The number of nitrogens with two attached hydrogens (primary N) is 1. The van der Waals surface area contributed by atoms with Crippen LogP contribution in [0.5, 0.6) is 0 Å². The first-order chi connectivity index (χ1) is 9.45. The molecule has 0 radical (unpaired) electrons. The van der Waals surface area contributed by atoms with Crippen molar-refractivity contribution in [2.45, 2.75) is 10.1 Å². The molecule has 0 aliphatic rings. The average molecular weight is 297 g/mol. The molecule has 0 fully saturated rings. The fourth-order valence-electron chi connectivity index (χ4n) is 1.94. The lowest BCUT2D eigenvalue weighted by Crippen LogP contribution is -2.22. The van der Waals surface area contributed by atoms with Gasteiger partial charge in [-0.05, 0) is 42.0 Å². The summed E-state index contributed by atoms with van der Waals surface area (Å²) in [4.78, 5) is -0.0430. The third kappa shape index (κ3) is 2.86. The minimum atomic E-state index is -3.80. The maximum atomic E-state index is 13.2. The summed E-state index contributed by atoms with van der Waals surface area (Å²) in [6, 6.07) is 9.76. The molecule has 2 aromatic carbocycles. The minimum Gasteiger partial charge on any atom is -0.329 e. The third-order valence-corrected chi connectivity index (χ3v) is 5.09. The average Bonchev–Trinajstić information content (AvgIpc) is 2.40. The third-order valence-electron chi connectivity index (χ3n) is 2.95. The monoisotopic (exact) mass is 297 g/mol. The second-order valence-corrected chi connectivity index (χ2v) is 6.41. The zero-order valence-corrected chi connectivity index (χ0v) is 11.3. The van der Waals surface area contributed by atoms with Crippen molar-refractivity contribution >= 4 is 9.84 Å². The predicted octanol–water partition coefficient (Wildman–Crippen LogP) is 2.44. The van der Waals surface area contributed by atoms with Crippen LogP contribution >= 0.6 is 0 Å². The van der Waals surface area contributed by atoms with E-state index in [-0.39, 0.29) is 17.0 Å². The first-order valence-corrected chi connectivity index (χ1v) is 7.45. The van der Waals surface area contributed by atoms with Crippen LogP contribution in [0, 0.1) is 11.6 Å². The van der Waals surface area contributed by atoms with Gasteiger partial charge in [-0.25, -0.2) is 17.2 Å². The lowest BCUT2D eigenvalue weighted by Gasteiger charge is -2.16. The quantitative estimate of drug-likeness (QED) is 0.882. The smallest absolute Gasteiger partial charge is 0.186 e. The summed E-state index contributed by atoms with van der Waals surface area (Å²) in [5.41, 5.74) is 5.81. The van der Waals surface area contributed by atoms with Crippen molar-refractivity contribution in [3.8, 4) is 0 Å². The van der Waals surface area contributed by atoms with Crippen LogP contribution in [0.1, 0.15) is 10.8 Å².